The maximum atomic E-state index is 13.6. The summed E-state index contributed by atoms with van der Waals surface area (Å²) in [6.07, 6.45) is -0.105. The van der Waals surface area contributed by atoms with E-state index in [4.69, 9.17) is 4.74 Å². The molecule has 1 aromatic carbocycles. The molecule has 106 valence electrons. The molecule has 1 aromatic heterocycles. The molecule has 0 amide bonds. The normalized spacial score (nSPS) is 10.9. The fourth-order valence-corrected chi connectivity index (χ4v) is 2.49. The van der Waals surface area contributed by atoms with Gasteiger partial charge in [0.15, 0.2) is 5.69 Å². The van der Waals surface area contributed by atoms with Gasteiger partial charge in [0, 0.05) is 15.0 Å². The molecule has 0 aliphatic carbocycles. The number of methoxy groups -OCH3 is 1. The summed E-state index contributed by atoms with van der Waals surface area (Å²) in [7, 11) is 1.28. The summed E-state index contributed by atoms with van der Waals surface area (Å²) in [5.41, 5.74) is 0.658. The lowest BCUT2D eigenvalue weighted by Gasteiger charge is -2.14. The number of rotatable bonds is 3. The van der Waals surface area contributed by atoms with E-state index in [0.717, 1.165) is 0 Å². The average molecular weight is 389 g/mol. The van der Waals surface area contributed by atoms with Gasteiger partial charge in [-0.3, -0.25) is 0 Å². The Labute approximate surface area is 129 Å². The molecular formula is C14H13FINO3. The third-order valence-corrected chi connectivity index (χ3v) is 3.37. The summed E-state index contributed by atoms with van der Waals surface area (Å²) in [6, 6.07) is 4.18. The van der Waals surface area contributed by atoms with Crippen LogP contribution in [0.4, 0.5) is 4.39 Å². The van der Waals surface area contributed by atoms with Crippen molar-refractivity contribution in [2.75, 3.05) is 7.11 Å². The number of halogens is 2. The number of fused-ring (bicyclic) bond motifs is 1. The Bertz CT molecular complexity index is 673. The molecule has 0 bridgehead atoms. The van der Waals surface area contributed by atoms with Crippen molar-refractivity contribution < 1.29 is 18.7 Å². The minimum Gasteiger partial charge on any atom is -0.490 e. The standard InChI is InChI=1S/C14H13FINO3/c1-7(2)20-12-6-11(14(18)19-3)17-13-9(12)4-8(15)5-10(13)16/h4-7H,1-3H3. The van der Waals surface area contributed by atoms with Crippen molar-refractivity contribution in [2.24, 2.45) is 0 Å². The van der Waals surface area contributed by atoms with Gasteiger partial charge in [-0.25, -0.2) is 14.2 Å². The van der Waals surface area contributed by atoms with Crippen LogP contribution in [-0.4, -0.2) is 24.2 Å². The lowest BCUT2D eigenvalue weighted by molar-refractivity contribution is 0.0593. The van der Waals surface area contributed by atoms with E-state index in [-0.39, 0.29) is 17.6 Å². The van der Waals surface area contributed by atoms with E-state index < -0.39 is 5.97 Å². The number of carbonyl (C=O) groups is 1. The molecule has 0 spiro atoms. The Balaban J connectivity index is 2.74. The van der Waals surface area contributed by atoms with Crippen LogP contribution in [0.3, 0.4) is 0 Å². The van der Waals surface area contributed by atoms with Crippen molar-refractivity contribution in [1.29, 1.82) is 0 Å². The fraction of sp³-hybridized carbons (Fsp3) is 0.286. The molecule has 4 nitrogen and oxygen atoms in total. The molecule has 0 atom stereocenters. The van der Waals surface area contributed by atoms with Crippen molar-refractivity contribution in [1.82, 2.24) is 4.98 Å². The van der Waals surface area contributed by atoms with Gasteiger partial charge in [-0.15, -0.1) is 0 Å². The van der Waals surface area contributed by atoms with Gasteiger partial charge >= 0.3 is 5.97 Å². The Morgan fingerprint density at radius 1 is 1.35 bits per heavy atom. The molecule has 0 aliphatic rings. The first kappa shape index (κ1) is 15.0. The van der Waals surface area contributed by atoms with Gasteiger partial charge in [-0.05, 0) is 48.6 Å². The molecule has 1 heterocycles. The van der Waals surface area contributed by atoms with E-state index in [9.17, 15) is 9.18 Å². The Morgan fingerprint density at radius 3 is 2.65 bits per heavy atom. The molecule has 2 aromatic rings. The van der Waals surface area contributed by atoms with Crippen molar-refractivity contribution in [3.63, 3.8) is 0 Å². The molecular weight excluding hydrogens is 376 g/mol. The highest BCUT2D eigenvalue weighted by atomic mass is 127. The smallest absolute Gasteiger partial charge is 0.356 e. The lowest BCUT2D eigenvalue weighted by atomic mass is 10.1. The highest BCUT2D eigenvalue weighted by Crippen LogP contribution is 2.30. The van der Waals surface area contributed by atoms with E-state index in [1.54, 1.807) is 0 Å². The zero-order valence-corrected chi connectivity index (χ0v) is 13.4. The van der Waals surface area contributed by atoms with Crippen molar-refractivity contribution in [3.05, 3.63) is 33.3 Å². The highest BCUT2D eigenvalue weighted by molar-refractivity contribution is 14.1. The maximum absolute atomic E-state index is 13.6. The summed E-state index contributed by atoms with van der Waals surface area (Å²) < 4.78 is 24.5. The summed E-state index contributed by atoms with van der Waals surface area (Å²) in [6.45, 7) is 3.71. The number of carbonyl (C=O) groups excluding carboxylic acids is 1. The monoisotopic (exact) mass is 389 g/mol. The van der Waals surface area contributed by atoms with Gasteiger partial charge in [0.2, 0.25) is 0 Å². The third-order valence-electron chi connectivity index (χ3n) is 2.55. The number of esters is 1. The Kier molecular flexibility index (Phi) is 4.42. The maximum Gasteiger partial charge on any atom is 0.356 e. The number of hydrogen-bond acceptors (Lipinski definition) is 4. The van der Waals surface area contributed by atoms with E-state index in [0.29, 0.717) is 20.2 Å². The molecule has 0 saturated heterocycles. The van der Waals surface area contributed by atoms with Crippen LogP contribution in [0.2, 0.25) is 0 Å². The SMILES string of the molecule is COC(=O)c1cc(OC(C)C)c2cc(F)cc(I)c2n1. The number of aromatic nitrogens is 1. The molecule has 2 rings (SSSR count). The predicted octanol–water partition coefficient (Wildman–Crippen LogP) is 3.55. The van der Waals surface area contributed by atoms with Crippen LogP contribution >= 0.6 is 22.6 Å². The van der Waals surface area contributed by atoms with Crippen LogP contribution in [0.25, 0.3) is 10.9 Å². The minimum absolute atomic E-state index is 0.105. The van der Waals surface area contributed by atoms with Gasteiger partial charge < -0.3 is 9.47 Å². The van der Waals surface area contributed by atoms with Crippen LogP contribution in [-0.2, 0) is 4.74 Å². The van der Waals surface area contributed by atoms with E-state index >= 15 is 0 Å². The topological polar surface area (TPSA) is 48.4 Å². The van der Waals surface area contributed by atoms with Gasteiger partial charge in [0.25, 0.3) is 0 Å². The molecule has 0 unspecified atom stereocenters. The van der Waals surface area contributed by atoms with Crippen LogP contribution in [0.5, 0.6) is 5.75 Å². The first-order chi connectivity index (χ1) is 9.42. The van der Waals surface area contributed by atoms with Crippen LogP contribution < -0.4 is 4.74 Å². The molecule has 0 radical (unpaired) electrons. The molecule has 0 aliphatic heterocycles. The molecule has 0 fully saturated rings. The number of ether oxygens (including phenoxy) is 2. The van der Waals surface area contributed by atoms with E-state index in [1.807, 2.05) is 36.4 Å². The molecule has 6 heteroatoms. The van der Waals surface area contributed by atoms with E-state index in [1.165, 1.54) is 25.3 Å². The van der Waals surface area contributed by atoms with Gasteiger partial charge in [0.05, 0.1) is 18.7 Å². The summed E-state index contributed by atoms with van der Waals surface area (Å²) in [4.78, 5) is 15.9. The van der Waals surface area contributed by atoms with Crippen LogP contribution in [0, 0.1) is 9.39 Å². The second-order valence-electron chi connectivity index (χ2n) is 4.45. The zero-order valence-electron chi connectivity index (χ0n) is 11.2. The second kappa shape index (κ2) is 5.90. The second-order valence-corrected chi connectivity index (χ2v) is 5.61. The largest absolute Gasteiger partial charge is 0.490 e. The minimum atomic E-state index is -0.555. The van der Waals surface area contributed by atoms with Gasteiger partial charge in [0.1, 0.15) is 11.6 Å². The molecule has 0 N–H and O–H groups in total. The molecule has 0 saturated carbocycles. The van der Waals surface area contributed by atoms with E-state index in [2.05, 4.69) is 9.72 Å². The third kappa shape index (κ3) is 3.00. The lowest BCUT2D eigenvalue weighted by Crippen LogP contribution is -2.10. The zero-order chi connectivity index (χ0) is 14.9. The van der Waals surface area contributed by atoms with Crippen molar-refractivity contribution in [2.45, 2.75) is 20.0 Å². The first-order valence-corrected chi connectivity index (χ1v) is 7.05. The van der Waals surface area contributed by atoms with Crippen molar-refractivity contribution in [3.8, 4) is 5.75 Å². The Morgan fingerprint density at radius 2 is 2.05 bits per heavy atom. The summed E-state index contributed by atoms with van der Waals surface area (Å²) in [5.74, 6) is -0.508. The van der Waals surface area contributed by atoms with Crippen LogP contribution in [0.1, 0.15) is 24.3 Å². The van der Waals surface area contributed by atoms with Gasteiger partial charge in [-0.2, -0.15) is 0 Å². The quantitative estimate of drug-likeness (QED) is 0.595. The first-order valence-electron chi connectivity index (χ1n) is 5.97. The number of nitrogens with zero attached hydrogens (tertiary/aromatic N) is 1. The van der Waals surface area contributed by atoms with Gasteiger partial charge in [-0.1, -0.05) is 0 Å². The highest BCUT2D eigenvalue weighted by Gasteiger charge is 2.16. The molecule has 20 heavy (non-hydrogen) atoms. The Hall–Kier alpha value is -1.44. The van der Waals surface area contributed by atoms with Crippen molar-refractivity contribution >= 4 is 39.5 Å². The summed E-state index contributed by atoms with van der Waals surface area (Å²) >= 11 is 1.98. The van der Waals surface area contributed by atoms with Crippen LogP contribution in [0.15, 0.2) is 18.2 Å². The number of benzene rings is 1. The number of hydrogen-bond donors (Lipinski definition) is 0. The predicted molar refractivity (Wildman–Crippen MR) is 81.5 cm³/mol. The average Bonchev–Trinajstić information content (AvgIpc) is 2.37. The fourth-order valence-electron chi connectivity index (χ4n) is 1.78. The number of pyridine rings is 1. The summed E-state index contributed by atoms with van der Waals surface area (Å²) in [5, 5.41) is 0.538.